The van der Waals surface area contributed by atoms with Gasteiger partial charge in [-0.15, -0.1) is 0 Å². The number of benzene rings is 1. The highest BCUT2D eigenvalue weighted by molar-refractivity contribution is 14.1. The number of hydrogen-bond donors (Lipinski definition) is 0. The van der Waals surface area contributed by atoms with E-state index in [-0.39, 0.29) is 5.54 Å². The molecule has 0 saturated carbocycles. The zero-order chi connectivity index (χ0) is 13.3. The summed E-state index contributed by atoms with van der Waals surface area (Å²) < 4.78 is 1.23. The van der Waals surface area contributed by atoms with Gasteiger partial charge < -0.3 is 0 Å². The predicted molar refractivity (Wildman–Crippen MR) is 84.6 cm³/mol. The number of fused-ring (bicyclic) bond motifs is 1. The zero-order valence-electron chi connectivity index (χ0n) is 11.1. The van der Waals surface area contributed by atoms with Crippen molar-refractivity contribution in [2.75, 3.05) is 6.54 Å². The van der Waals surface area contributed by atoms with Crippen LogP contribution in [0.2, 0.25) is 0 Å². The Morgan fingerprint density at radius 1 is 1.21 bits per heavy atom. The Kier molecular flexibility index (Phi) is 3.81. The highest BCUT2D eigenvalue weighted by Gasteiger charge is 2.46. The minimum atomic E-state index is -0.374. The monoisotopic (exact) mass is 366 g/mol. The van der Waals surface area contributed by atoms with Crippen LogP contribution in [-0.2, 0) is 5.54 Å². The van der Waals surface area contributed by atoms with E-state index in [1.165, 1.54) is 41.2 Å². The van der Waals surface area contributed by atoms with Crippen LogP contribution in [0.15, 0.2) is 24.3 Å². The number of nitrogens with zero attached hydrogens (tertiary/aromatic N) is 2. The minimum Gasteiger partial charge on any atom is -0.279 e. The Morgan fingerprint density at radius 3 is 2.79 bits per heavy atom. The highest BCUT2D eigenvalue weighted by atomic mass is 127. The van der Waals surface area contributed by atoms with E-state index in [4.69, 9.17) is 0 Å². The van der Waals surface area contributed by atoms with Crippen molar-refractivity contribution < 1.29 is 0 Å². The van der Waals surface area contributed by atoms with Crippen LogP contribution in [0.25, 0.3) is 0 Å². The van der Waals surface area contributed by atoms with Gasteiger partial charge in [0.05, 0.1) is 6.07 Å². The normalized spacial score (nSPS) is 31.5. The van der Waals surface area contributed by atoms with Crippen molar-refractivity contribution in [3.63, 3.8) is 0 Å². The van der Waals surface area contributed by atoms with Crippen LogP contribution in [0.5, 0.6) is 0 Å². The first-order valence-corrected chi connectivity index (χ1v) is 8.29. The molecule has 0 aromatic heterocycles. The van der Waals surface area contributed by atoms with Gasteiger partial charge in [0.1, 0.15) is 5.54 Å². The second kappa shape index (κ2) is 5.41. The molecular formula is C16H19IN2. The molecule has 2 aliphatic rings. The van der Waals surface area contributed by atoms with Crippen LogP contribution in [-0.4, -0.2) is 17.5 Å². The number of rotatable bonds is 1. The van der Waals surface area contributed by atoms with Crippen molar-refractivity contribution in [3.05, 3.63) is 33.4 Å². The molecule has 2 aliphatic heterocycles. The van der Waals surface area contributed by atoms with Crippen LogP contribution in [0.3, 0.4) is 0 Å². The van der Waals surface area contributed by atoms with Crippen LogP contribution >= 0.6 is 22.6 Å². The largest absolute Gasteiger partial charge is 0.279 e. The van der Waals surface area contributed by atoms with Gasteiger partial charge in [0, 0.05) is 16.2 Å². The Balaban J connectivity index is 2.07. The summed E-state index contributed by atoms with van der Waals surface area (Å²) in [6, 6.07) is 11.7. The molecule has 1 aromatic rings. The third-order valence-corrected chi connectivity index (χ3v) is 5.64. The molecule has 0 spiro atoms. The summed E-state index contributed by atoms with van der Waals surface area (Å²) in [5, 5.41) is 9.96. The van der Waals surface area contributed by atoms with E-state index >= 15 is 0 Å². The molecule has 2 fully saturated rings. The average molecular weight is 366 g/mol. The summed E-state index contributed by atoms with van der Waals surface area (Å²) in [5.74, 6) is 0. The van der Waals surface area contributed by atoms with E-state index in [2.05, 4.69) is 57.8 Å². The SMILES string of the molecule is N#CC1(c2ccccc2I)CCCC2CCCCN21. The fourth-order valence-electron chi connectivity index (χ4n) is 3.81. The Bertz CT molecular complexity index is 506. The molecule has 0 radical (unpaired) electrons. The maximum atomic E-state index is 9.96. The molecule has 2 heterocycles. The fraction of sp³-hybridized carbons (Fsp3) is 0.562. The standard InChI is InChI=1S/C16H19IN2/c17-15-9-2-1-8-14(15)16(12-18)10-5-7-13-6-3-4-11-19(13)16/h1-2,8-9,13H,3-7,10-11H2. The summed E-state index contributed by atoms with van der Waals surface area (Å²) in [4.78, 5) is 2.51. The molecule has 0 aliphatic carbocycles. The molecule has 1 aromatic carbocycles. The van der Waals surface area contributed by atoms with Crippen molar-refractivity contribution in [1.82, 2.24) is 4.90 Å². The first-order valence-electron chi connectivity index (χ1n) is 7.21. The number of piperidine rings is 2. The summed E-state index contributed by atoms with van der Waals surface area (Å²) >= 11 is 2.38. The van der Waals surface area contributed by atoms with Gasteiger partial charge in [-0.3, -0.25) is 4.90 Å². The van der Waals surface area contributed by atoms with E-state index in [1.807, 2.05) is 0 Å². The number of halogens is 1. The molecule has 3 rings (SSSR count). The third-order valence-electron chi connectivity index (χ3n) is 4.70. The van der Waals surface area contributed by atoms with Crippen molar-refractivity contribution in [2.24, 2.45) is 0 Å². The van der Waals surface area contributed by atoms with Gasteiger partial charge >= 0.3 is 0 Å². The molecule has 2 saturated heterocycles. The van der Waals surface area contributed by atoms with Crippen LogP contribution in [0, 0.1) is 14.9 Å². The summed E-state index contributed by atoms with van der Waals surface area (Å²) in [7, 11) is 0. The van der Waals surface area contributed by atoms with E-state index in [9.17, 15) is 5.26 Å². The number of hydrogen-bond acceptors (Lipinski definition) is 2. The zero-order valence-corrected chi connectivity index (χ0v) is 13.3. The molecule has 100 valence electrons. The van der Waals surface area contributed by atoms with E-state index in [1.54, 1.807) is 0 Å². The smallest absolute Gasteiger partial charge is 0.136 e. The van der Waals surface area contributed by atoms with E-state index in [0.29, 0.717) is 6.04 Å². The minimum absolute atomic E-state index is 0.374. The lowest BCUT2D eigenvalue weighted by Crippen LogP contribution is -2.55. The lowest BCUT2D eigenvalue weighted by atomic mass is 9.76. The fourth-order valence-corrected chi connectivity index (χ4v) is 4.64. The second-order valence-electron chi connectivity index (χ2n) is 5.69. The van der Waals surface area contributed by atoms with Crippen LogP contribution < -0.4 is 0 Å². The maximum Gasteiger partial charge on any atom is 0.136 e. The predicted octanol–water partition coefficient (Wildman–Crippen LogP) is 4.05. The summed E-state index contributed by atoms with van der Waals surface area (Å²) in [6.45, 7) is 1.09. The lowest BCUT2D eigenvalue weighted by molar-refractivity contribution is 0.00816. The van der Waals surface area contributed by atoms with Gasteiger partial charge in [-0.05, 0) is 66.3 Å². The average Bonchev–Trinajstić information content (AvgIpc) is 2.47. The van der Waals surface area contributed by atoms with E-state index in [0.717, 1.165) is 13.0 Å². The van der Waals surface area contributed by atoms with Gasteiger partial charge in [-0.2, -0.15) is 5.26 Å². The first kappa shape index (κ1) is 13.4. The molecule has 2 nitrogen and oxygen atoms in total. The van der Waals surface area contributed by atoms with Crippen molar-refractivity contribution in [2.45, 2.75) is 50.1 Å². The van der Waals surface area contributed by atoms with Crippen LogP contribution in [0.4, 0.5) is 0 Å². The summed E-state index contributed by atoms with van der Waals surface area (Å²) in [5.41, 5.74) is 0.853. The van der Waals surface area contributed by atoms with Gasteiger partial charge in [-0.1, -0.05) is 24.6 Å². The van der Waals surface area contributed by atoms with Gasteiger partial charge in [0.15, 0.2) is 0 Å². The molecule has 2 unspecified atom stereocenters. The Hall–Kier alpha value is -0.600. The second-order valence-corrected chi connectivity index (χ2v) is 6.85. The van der Waals surface area contributed by atoms with Crippen molar-refractivity contribution >= 4 is 22.6 Å². The molecule has 0 bridgehead atoms. The third kappa shape index (κ3) is 2.19. The van der Waals surface area contributed by atoms with Crippen molar-refractivity contribution in [1.29, 1.82) is 5.26 Å². The van der Waals surface area contributed by atoms with E-state index < -0.39 is 0 Å². The maximum absolute atomic E-state index is 9.96. The molecule has 2 atom stereocenters. The number of nitriles is 1. The molecule has 3 heteroatoms. The van der Waals surface area contributed by atoms with Gasteiger partial charge in [0.2, 0.25) is 0 Å². The van der Waals surface area contributed by atoms with Gasteiger partial charge in [0.25, 0.3) is 0 Å². The molecule has 0 N–H and O–H groups in total. The Labute approximate surface area is 128 Å². The first-order chi connectivity index (χ1) is 9.28. The molecular weight excluding hydrogens is 347 g/mol. The van der Waals surface area contributed by atoms with Crippen LogP contribution in [0.1, 0.15) is 44.1 Å². The quantitative estimate of drug-likeness (QED) is 0.702. The highest BCUT2D eigenvalue weighted by Crippen LogP contribution is 2.44. The summed E-state index contributed by atoms with van der Waals surface area (Å²) in [6.07, 6.45) is 7.28. The van der Waals surface area contributed by atoms with Gasteiger partial charge in [-0.25, -0.2) is 0 Å². The lowest BCUT2D eigenvalue weighted by Gasteiger charge is -2.50. The van der Waals surface area contributed by atoms with Crippen molar-refractivity contribution in [3.8, 4) is 6.07 Å². The topological polar surface area (TPSA) is 27.0 Å². The molecule has 19 heavy (non-hydrogen) atoms. The molecule has 0 amide bonds. The Morgan fingerprint density at radius 2 is 2.00 bits per heavy atom.